The smallest absolute Gasteiger partial charge is 0.0351 e. The predicted molar refractivity (Wildman–Crippen MR) is 126 cm³/mol. The average molecular weight is 395 g/mol. The highest BCUT2D eigenvalue weighted by Crippen LogP contribution is 2.64. The van der Waals surface area contributed by atoms with Gasteiger partial charge in [-0.3, -0.25) is 0 Å². The summed E-state index contributed by atoms with van der Waals surface area (Å²) in [4.78, 5) is 0. The molecule has 4 fully saturated rings. The van der Waals surface area contributed by atoms with Crippen molar-refractivity contribution in [2.45, 2.75) is 66.2 Å². The van der Waals surface area contributed by atoms with Crippen LogP contribution in [0.3, 0.4) is 0 Å². The highest BCUT2D eigenvalue weighted by molar-refractivity contribution is 5.23. The fourth-order valence-electron chi connectivity index (χ4n) is 6.27. The average Bonchev–Trinajstić information content (AvgIpc) is 2.64. The van der Waals surface area contributed by atoms with Crippen molar-refractivity contribution in [1.29, 1.82) is 0 Å². The first kappa shape index (κ1) is 23.7. The molecule has 160 valence electrons. The molecule has 29 heavy (non-hydrogen) atoms. The summed E-state index contributed by atoms with van der Waals surface area (Å²) in [5, 5.41) is 0. The van der Waals surface area contributed by atoms with Gasteiger partial charge in [-0.05, 0) is 86.2 Å². The summed E-state index contributed by atoms with van der Waals surface area (Å²) in [5.41, 5.74) is 4.26. The van der Waals surface area contributed by atoms with Gasteiger partial charge in [0.05, 0.1) is 0 Å². The Morgan fingerprint density at radius 1 is 0.655 bits per heavy atom. The number of benzene rings is 2. The van der Waals surface area contributed by atoms with Crippen molar-refractivity contribution < 1.29 is 4.74 Å². The molecule has 0 N–H and O–H groups in total. The lowest BCUT2D eigenvalue weighted by atomic mass is 9.45. The van der Waals surface area contributed by atoms with E-state index in [1.165, 1.54) is 17.5 Å². The minimum atomic E-state index is 0.763. The van der Waals surface area contributed by atoms with Crippen LogP contribution in [0.15, 0.2) is 60.7 Å². The van der Waals surface area contributed by atoms with E-state index >= 15 is 0 Å². The predicted octanol–water partition coefficient (Wildman–Crippen LogP) is 7.87. The number of hydrogen-bond acceptors (Lipinski definition) is 1. The Hall–Kier alpha value is -1.60. The summed E-state index contributed by atoms with van der Waals surface area (Å²) in [6.07, 6.45) is 9.33. The van der Waals surface area contributed by atoms with E-state index in [-0.39, 0.29) is 0 Å². The van der Waals surface area contributed by atoms with Crippen LogP contribution in [0.25, 0.3) is 0 Å². The molecular weight excluding hydrogens is 352 g/mol. The van der Waals surface area contributed by atoms with Crippen LogP contribution >= 0.6 is 0 Å². The highest BCUT2D eigenvalue weighted by Gasteiger charge is 2.53. The lowest BCUT2D eigenvalue weighted by Gasteiger charge is -2.60. The maximum Gasteiger partial charge on any atom is 0.0351 e. The second-order valence-corrected chi connectivity index (χ2v) is 10.2. The lowest BCUT2D eigenvalue weighted by Crippen LogP contribution is -2.49. The van der Waals surface area contributed by atoms with E-state index in [2.05, 4.69) is 56.7 Å². The SMILES string of the molecule is CC12CC3CC(C1)CC(C)(C3)C2.COC.Cc1ccccc1C.c1ccccc1. The van der Waals surface area contributed by atoms with E-state index in [1.807, 2.05) is 36.4 Å². The standard InChI is InChI=1S/C12H20.C8H10.C6H6.C2H6O/c1-11-4-9-3-10(5-11)7-12(2,6-9)8-11;1-7-5-3-4-6-8(7)2;1-2-4-6-5-3-1;1-3-2/h9-10H,3-8H2,1-2H3;3-6H,1-2H3;1-6H;1-2H3. The van der Waals surface area contributed by atoms with E-state index in [0.717, 1.165) is 22.7 Å². The molecule has 1 heteroatoms. The third-order valence-electron chi connectivity index (χ3n) is 6.74. The maximum atomic E-state index is 4.25. The zero-order valence-electron chi connectivity index (χ0n) is 19.6. The van der Waals surface area contributed by atoms with Crippen LogP contribution < -0.4 is 0 Å². The number of aryl methyl sites for hydroxylation is 2. The molecule has 0 saturated heterocycles. The quantitative estimate of drug-likeness (QED) is 0.442. The zero-order chi connectivity index (χ0) is 21.3. The van der Waals surface area contributed by atoms with Crippen molar-refractivity contribution >= 4 is 0 Å². The zero-order valence-corrected chi connectivity index (χ0v) is 19.6. The number of rotatable bonds is 0. The minimum absolute atomic E-state index is 0.763. The van der Waals surface area contributed by atoms with Crippen LogP contribution in [-0.2, 0) is 4.74 Å². The van der Waals surface area contributed by atoms with Gasteiger partial charge in [-0.2, -0.15) is 0 Å². The van der Waals surface area contributed by atoms with Crippen molar-refractivity contribution in [2.75, 3.05) is 14.2 Å². The van der Waals surface area contributed by atoms with Gasteiger partial charge >= 0.3 is 0 Å². The molecule has 0 radical (unpaired) electrons. The normalized spacial score (nSPS) is 30.7. The van der Waals surface area contributed by atoms with Gasteiger partial charge in [0.15, 0.2) is 0 Å². The van der Waals surface area contributed by atoms with Crippen molar-refractivity contribution in [3.63, 3.8) is 0 Å². The first-order valence-electron chi connectivity index (χ1n) is 11.2. The molecular formula is C28H42O. The second kappa shape index (κ2) is 11.0. The van der Waals surface area contributed by atoms with Gasteiger partial charge in [0.2, 0.25) is 0 Å². The molecule has 2 aromatic carbocycles. The molecule has 6 rings (SSSR count). The Labute approximate surface area is 179 Å². The second-order valence-electron chi connectivity index (χ2n) is 10.2. The molecule has 0 atom stereocenters. The van der Waals surface area contributed by atoms with Crippen LogP contribution in [0, 0.1) is 36.5 Å². The van der Waals surface area contributed by atoms with E-state index in [0.29, 0.717) is 0 Å². The summed E-state index contributed by atoms with van der Waals surface area (Å²) in [7, 11) is 3.25. The van der Waals surface area contributed by atoms with Crippen LogP contribution in [0.1, 0.15) is 63.5 Å². The Balaban J connectivity index is 0.000000154. The number of hydrogen-bond donors (Lipinski definition) is 0. The molecule has 2 aromatic rings. The van der Waals surface area contributed by atoms with Gasteiger partial charge < -0.3 is 4.74 Å². The highest BCUT2D eigenvalue weighted by atomic mass is 16.4. The fraction of sp³-hybridized carbons (Fsp3) is 0.571. The minimum Gasteiger partial charge on any atom is -0.388 e. The summed E-state index contributed by atoms with van der Waals surface area (Å²) < 4.78 is 4.25. The maximum absolute atomic E-state index is 4.25. The molecule has 1 nitrogen and oxygen atoms in total. The first-order chi connectivity index (χ1) is 13.8. The Bertz CT molecular complexity index is 624. The van der Waals surface area contributed by atoms with Crippen LogP contribution in [0.4, 0.5) is 0 Å². The molecule has 4 saturated carbocycles. The van der Waals surface area contributed by atoms with E-state index in [1.54, 1.807) is 46.3 Å². The molecule has 4 bridgehead atoms. The molecule has 4 aliphatic carbocycles. The van der Waals surface area contributed by atoms with Crippen molar-refractivity contribution in [3.8, 4) is 0 Å². The number of ether oxygens (including phenoxy) is 1. The Morgan fingerprint density at radius 2 is 0.966 bits per heavy atom. The molecule has 0 heterocycles. The van der Waals surface area contributed by atoms with Crippen LogP contribution in [-0.4, -0.2) is 14.2 Å². The van der Waals surface area contributed by atoms with Crippen molar-refractivity contribution in [2.24, 2.45) is 22.7 Å². The van der Waals surface area contributed by atoms with Crippen molar-refractivity contribution in [1.82, 2.24) is 0 Å². The van der Waals surface area contributed by atoms with Gasteiger partial charge in [0.1, 0.15) is 0 Å². The van der Waals surface area contributed by atoms with E-state index in [9.17, 15) is 0 Å². The van der Waals surface area contributed by atoms with Gasteiger partial charge in [0, 0.05) is 14.2 Å². The van der Waals surface area contributed by atoms with E-state index in [4.69, 9.17) is 0 Å². The molecule has 0 spiro atoms. The summed E-state index contributed by atoms with van der Waals surface area (Å²) >= 11 is 0. The van der Waals surface area contributed by atoms with Gasteiger partial charge in [-0.25, -0.2) is 0 Å². The molecule has 0 aliphatic heterocycles. The van der Waals surface area contributed by atoms with E-state index < -0.39 is 0 Å². The van der Waals surface area contributed by atoms with Crippen LogP contribution in [0.2, 0.25) is 0 Å². The van der Waals surface area contributed by atoms with Gasteiger partial charge in [-0.15, -0.1) is 0 Å². The first-order valence-corrected chi connectivity index (χ1v) is 11.2. The fourth-order valence-corrected chi connectivity index (χ4v) is 6.27. The molecule has 0 unspecified atom stereocenters. The summed E-state index contributed by atoms with van der Waals surface area (Å²) in [6.45, 7) is 9.33. The Kier molecular flexibility index (Phi) is 8.96. The molecule has 4 aliphatic rings. The third-order valence-corrected chi connectivity index (χ3v) is 6.74. The third kappa shape index (κ3) is 7.63. The summed E-state index contributed by atoms with van der Waals surface area (Å²) in [5.74, 6) is 2.22. The molecule has 0 aromatic heterocycles. The topological polar surface area (TPSA) is 9.23 Å². The lowest BCUT2D eigenvalue weighted by molar-refractivity contribution is -0.0920. The van der Waals surface area contributed by atoms with Crippen molar-refractivity contribution in [3.05, 3.63) is 71.8 Å². The van der Waals surface area contributed by atoms with Crippen LogP contribution in [0.5, 0.6) is 0 Å². The summed E-state index contributed by atoms with van der Waals surface area (Å²) in [6, 6.07) is 20.4. The number of methoxy groups -OCH3 is 1. The van der Waals surface area contributed by atoms with Gasteiger partial charge in [-0.1, -0.05) is 74.5 Å². The molecule has 0 amide bonds. The largest absolute Gasteiger partial charge is 0.388 e. The Morgan fingerprint density at radius 3 is 1.21 bits per heavy atom. The monoisotopic (exact) mass is 394 g/mol. The van der Waals surface area contributed by atoms with Gasteiger partial charge in [0.25, 0.3) is 0 Å².